The van der Waals surface area contributed by atoms with Gasteiger partial charge in [0.2, 0.25) is 11.9 Å². The van der Waals surface area contributed by atoms with E-state index in [1.54, 1.807) is 7.11 Å². The van der Waals surface area contributed by atoms with Crippen LogP contribution in [-0.4, -0.2) is 33.0 Å². The first-order chi connectivity index (χ1) is 15.5. The van der Waals surface area contributed by atoms with Crippen LogP contribution in [0.5, 0.6) is 0 Å². The highest BCUT2D eigenvalue weighted by Gasteiger charge is 2.20. The average molecular weight is 430 g/mol. The molecular weight excluding hydrogens is 408 g/mol. The highest BCUT2D eigenvalue weighted by molar-refractivity contribution is 5.98. The lowest BCUT2D eigenvalue weighted by molar-refractivity contribution is 0.0456. The van der Waals surface area contributed by atoms with Gasteiger partial charge in [-0.15, -0.1) is 0 Å². The Morgan fingerprint density at radius 1 is 0.969 bits per heavy atom. The number of benzene rings is 2. The number of methoxy groups -OCH3 is 1. The second-order valence-electron chi connectivity index (χ2n) is 7.01. The van der Waals surface area contributed by atoms with Crippen LogP contribution in [0.25, 0.3) is 10.9 Å². The summed E-state index contributed by atoms with van der Waals surface area (Å²) in [7, 11) is 1.55. The summed E-state index contributed by atoms with van der Waals surface area (Å²) in [5, 5.41) is 3.92. The number of rotatable bonds is 7. The van der Waals surface area contributed by atoms with Crippen LogP contribution in [0.1, 0.15) is 27.4 Å². The van der Waals surface area contributed by atoms with Crippen molar-refractivity contribution in [3.8, 4) is 0 Å². The summed E-state index contributed by atoms with van der Waals surface area (Å²) < 4.78 is 10.8. The Hall–Kier alpha value is -4.11. The molecule has 0 fully saturated rings. The van der Waals surface area contributed by atoms with Crippen LogP contribution in [0.3, 0.4) is 0 Å². The smallest absolute Gasteiger partial charge is 0.340 e. The Bertz CT molecular complexity index is 1260. The van der Waals surface area contributed by atoms with Crippen molar-refractivity contribution in [2.45, 2.75) is 20.1 Å². The summed E-state index contributed by atoms with van der Waals surface area (Å²) in [5.41, 5.74) is 9.05. The lowest BCUT2D eigenvalue weighted by Crippen LogP contribution is -2.15. The minimum atomic E-state index is -0.538. The fourth-order valence-corrected chi connectivity index (χ4v) is 3.36. The number of nitrogens with zero attached hydrogens (tertiary/aromatic N) is 4. The maximum absolute atomic E-state index is 13.0. The van der Waals surface area contributed by atoms with Gasteiger partial charge in [0, 0.05) is 18.2 Å². The highest BCUT2D eigenvalue weighted by Crippen LogP contribution is 2.24. The molecule has 0 aliphatic carbocycles. The molecule has 2 aromatic heterocycles. The molecule has 32 heavy (non-hydrogen) atoms. The van der Waals surface area contributed by atoms with Gasteiger partial charge in [0.05, 0.1) is 23.4 Å². The van der Waals surface area contributed by atoms with Gasteiger partial charge >= 0.3 is 5.97 Å². The van der Waals surface area contributed by atoms with E-state index in [0.717, 1.165) is 22.2 Å². The molecule has 4 rings (SSSR count). The Kier molecular flexibility index (Phi) is 6.18. The number of hydrogen-bond donors (Lipinski definition) is 2. The van der Waals surface area contributed by atoms with Crippen molar-refractivity contribution in [3.05, 3.63) is 77.2 Å². The molecule has 0 saturated heterocycles. The number of carbonyl (C=O) groups excluding carboxylic acids is 1. The van der Waals surface area contributed by atoms with E-state index in [4.69, 9.17) is 15.2 Å². The lowest BCUT2D eigenvalue weighted by Gasteiger charge is -2.14. The summed E-state index contributed by atoms with van der Waals surface area (Å²) in [5.74, 6) is -0.0280. The van der Waals surface area contributed by atoms with E-state index in [2.05, 4.69) is 25.3 Å². The van der Waals surface area contributed by atoms with Crippen LogP contribution in [0, 0.1) is 6.92 Å². The van der Waals surface area contributed by atoms with E-state index in [1.807, 2.05) is 61.5 Å². The monoisotopic (exact) mass is 430 g/mol. The summed E-state index contributed by atoms with van der Waals surface area (Å²) >= 11 is 0. The molecule has 0 amide bonds. The Morgan fingerprint density at radius 2 is 1.72 bits per heavy atom. The number of nitrogen functional groups attached to an aromatic ring is 1. The van der Waals surface area contributed by atoms with Gasteiger partial charge in [-0.3, -0.25) is 0 Å². The number of nitrogens with one attached hydrogen (secondary N) is 1. The Morgan fingerprint density at radius 3 is 2.50 bits per heavy atom. The van der Waals surface area contributed by atoms with Crippen molar-refractivity contribution in [2.24, 2.45) is 0 Å². The van der Waals surface area contributed by atoms with Crippen LogP contribution in [0.4, 0.5) is 17.6 Å². The number of aromatic nitrogens is 4. The maximum Gasteiger partial charge on any atom is 0.340 e. The molecular formula is C23H22N6O3. The van der Waals surface area contributed by atoms with Crippen molar-refractivity contribution in [1.29, 1.82) is 0 Å². The van der Waals surface area contributed by atoms with Gasteiger partial charge in [-0.2, -0.15) is 15.0 Å². The van der Waals surface area contributed by atoms with Crippen LogP contribution >= 0.6 is 0 Å². The van der Waals surface area contributed by atoms with E-state index in [1.165, 1.54) is 0 Å². The predicted octanol–water partition coefficient (Wildman–Crippen LogP) is 3.56. The number of aryl methyl sites for hydroxylation is 1. The standard InChI is InChI=1S/C23H22N6O3/c1-14-16-10-6-7-11-17(16)26-18(12-31-2)20(14)21(30)32-13-19-27-22(24)29-23(28-19)25-15-8-4-3-5-9-15/h3-11H,12-13H2,1-2H3,(H3,24,25,27,28,29). The van der Waals surface area contributed by atoms with Gasteiger partial charge in [-0.25, -0.2) is 9.78 Å². The minimum absolute atomic E-state index is 0.0214. The van der Waals surface area contributed by atoms with Crippen LogP contribution in [0.15, 0.2) is 54.6 Å². The van der Waals surface area contributed by atoms with E-state index in [0.29, 0.717) is 11.3 Å². The van der Waals surface area contributed by atoms with Crippen molar-refractivity contribution in [2.75, 3.05) is 18.2 Å². The van der Waals surface area contributed by atoms with Gasteiger partial charge in [0.25, 0.3) is 0 Å². The van der Waals surface area contributed by atoms with E-state index in [-0.39, 0.29) is 30.9 Å². The molecule has 0 spiro atoms. The maximum atomic E-state index is 13.0. The number of para-hydroxylation sites is 2. The molecule has 0 saturated carbocycles. The minimum Gasteiger partial charge on any atom is -0.454 e. The Balaban J connectivity index is 1.57. The van der Waals surface area contributed by atoms with Crippen molar-refractivity contribution < 1.29 is 14.3 Å². The summed E-state index contributed by atoms with van der Waals surface area (Å²) in [4.78, 5) is 30.0. The molecule has 0 unspecified atom stereocenters. The fraction of sp³-hybridized carbons (Fsp3) is 0.174. The first-order valence-electron chi connectivity index (χ1n) is 9.92. The zero-order valence-corrected chi connectivity index (χ0v) is 17.7. The van der Waals surface area contributed by atoms with Gasteiger partial charge in [0.1, 0.15) is 0 Å². The first-order valence-corrected chi connectivity index (χ1v) is 9.92. The highest BCUT2D eigenvalue weighted by atomic mass is 16.5. The molecule has 0 radical (unpaired) electrons. The predicted molar refractivity (Wildman–Crippen MR) is 120 cm³/mol. The summed E-state index contributed by atoms with van der Waals surface area (Å²) in [6.45, 7) is 1.87. The summed E-state index contributed by atoms with van der Waals surface area (Å²) in [6, 6.07) is 17.0. The van der Waals surface area contributed by atoms with E-state index in [9.17, 15) is 4.79 Å². The third-order valence-corrected chi connectivity index (χ3v) is 4.77. The summed E-state index contributed by atoms with van der Waals surface area (Å²) in [6.07, 6.45) is 0. The van der Waals surface area contributed by atoms with Crippen molar-refractivity contribution in [1.82, 2.24) is 19.9 Å². The van der Waals surface area contributed by atoms with Crippen molar-refractivity contribution >= 4 is 34.5 Å². The van der Waals surface area contributed by atoms with Gasteiger partial charge in [-0.05, 0) is 30.7 Å². The van der Waals surface area contributed by atoms with Gasteiger partial charge < -0.3 is 20.5 Å². The molecule has 9 nitrogen and oxygen atoms in total. The quantitative estimate of drug-likeness (QED) is 0.423. The lowest BCUT2D eigenvalue weighted by atomic mass is 10.0. The third-order valence-electron chi connectivity index (χ3n) is 4.77. The van der Waals surface area contributed by atoms with E-state index >= 15 is 0 Å². The number of pyridine rings is 1. The number of fused-ring (bicyclic) bond motifs is 1. The molecule has 0 aliphatic rings. The van der Waals surface area contributed by atoms with Crippen LogP contribution < -0.4 is 11.1 Å². The molecule has 3 N–H and O–H groups in total. The zero-order valence-electron chi connectivity index (χ0n) is 17.7. The normalized spacial score (nSPS) is 10.8. The zero-order chi connectivity index (χ0) is 22.5. The van der Waals surface area contributed by atoms with Gasteiger partial charge in [-0.1, -0.05) is 36.4 Å². The van der Waals surface area contributed by atoms with Crippen molar-refractivity contribution in [3.63, 3.8) is 0 Å². The largest absolute Gasteiger partial charge is 0.454 e. The number of esters is 1. The number of hydrogen-bond acceptors (Lipinski definition) is 9. The third kappa shape index (κ3) is 4.62. The molecule has 0 aliphatic heterocycles. The molecule has 9 heteroatoms. The fourth-order valence-electron chi connectivity index (χ4n) is 3.36. The molecule has 0 atom stereocenters. The second-order valence-corrected chi connectivity index (χ2v) is 7.01. The van der Waals surface area contributed by atoms with E-state index < -0.39 is 5.97 Å². The first kappa shape index (κ1) is 21.1. The molecule has 0 bridgehead atoms. The number of anilines is 3. The molecule has 2 aromatic carbocycles. The SMILES string of the molecule is COCc1nc2ccccc2c(C)c1C(=O)OCc1nc(N)nc(Nc2ccccc2)n1. The Labute approximate surface area is 184 Å². The molecule has 4 aromatic rings. The number of ether oxygens (including phenoxy) is 2. The number of carbonyl (C=O) groups is 1. The molecule has 2 heterocycles. The van der Waals surface area contributed by atoms with Crippen LogP contribution in [-0.2, 0) is 22.7 Å². The number of nitrogens with two attached hydrogens (primary N) is 1. The van der Waals surface area contributed by atoms with Gasteiger partial charge in [0.15, 0.2) is 12.4 Å². The topological polar surface area (TPSA) is 125 Å². The van der Waals surface area contributed by atoms with Crippen LogP contribution in [0.2, 0.25) is 0 Å². The molecule has 162 valence electrons. The second kappa shape index (κ2) is 9.36. The average Bonchev–Trinajstić information content (AvgIpc) is 2.78.